The minimum atomic E-state index is 0.0549. The number of rotatable bonds is 5. The molecular formula is C16H21N5O3. The highest BCUT2D eigenvalue weighted by Gasteiger charge is 2.27. The lowest BCUT2D eigenvalue weighted by atomic mass is 10.1. The number of likely N-dealkylation sites (tertiary alicyclic amines) is 1. The van der Waals surface area contributed by atoms with Gasteiger partial charge in [-0.25, -0.2) is 4.73 Å². The zero-order chi connectivity index (χ0) is 16.7. The molecule has 1 aliphatic heterocycles. The molecule has 4 rings (SSSR count). The van der Waals surface area contributed by atoms with Crippen molar-refractivity contribution in [2.45, 2.75) is 25.4 Å². The van der Waals surface area contributed by atoms with Gasteiger partial charge in [-0.15, -0.1) is 0 Å². The number of methoxy groups -OCH3 is 1. The lowest BCUT2D eigenvalue weighted by Crippen LogP contribution is -2.53. The molecule has 128 valence electrons. The van der Waals surface area contributed by atoms with Gasteiger partial charge in [0.1, 0.15) is 0 Å². The highest BCUT2D eigenvalue weighted by molar-refractivity contribution is 5.71. The van der Waals surface area contributed by atoms with Crippen LogP contribution >= 0.6 is 0 Å². The summed E-state index contributed by atoms with van der Waals surface area (Å²) in [5.41, 5.74) is 3.03. The maximum atomic E-state index is 12.5. The van der Waals surface area contributed by atoms with E-state index in [-0.39, 0.29) is 5.95 Å². The first-order valence-electron chi connectivity index (χ1n) is 8.33. The number of anilines is 1. The first-order valence-corrected chi connectivity index (χ1v) is 8.33. The number of nitrogens with one attached hydrogen (secondary N) is 1. The van der Waals surface area contributed by atoms with Gasteiger partial charge in [0.2, 0.25) is 5.10 Å². The van der Waals surface area contributed by atoms with Crippen LogP contribution in [-0.2, 0) is 17.6 Å². The molecule has 0 unspecified atom stereocenters. The molecule has 0 saturated carbocycles. The minimum absolute atomic E-state index is 0.0549. The third-order valence-electron chi connectivity index (χ3n) is 4.96. The zero-order valence-corrected chi connectivity index (χ0v) is 13.7. The number of benzene rings is 1. The molecular weight excluding hydrogens is 310 g/mol. The Balaban J connectivity index is 1.51. The van der Waals surface area contributed by atoms with Crippen molar-refractivity contribution in [1.29, 1.82) is 0 Å². The van der Waals surface area contributed by atoms with E-state index < -0.39 is 0 Å². The van der Waals surface area contributed by atoms with Crippen molar-refractivity contribution in [3.8, 4) is 0 Å². The molecule has 1 aliphatic carbocycles. The van der Waals surface area contributed by atoms with Crippen LogP contribution in [0.3, 0.4) is 0 Å². The molecule has 8 heteroatoms. The summed E-state index contributed by atoms with van der Waals surface area (Å²) >= 11 is 0. The zero-order valence-electron chi connectivity index (χ0n) is 13.7. The van der Waals surface area contributed by atoms with E-state index in [2.05, 4.69) is 15.3 Å². The van der Waals surface area contributed by atoms with Crippen LogP contribution in [0.4, 0.5) is 5.95 Å². The van der Waals surface area contributed by atoms with Crippen LogP contribution in [-0.4, -0.2) is 49.4 Å². The number of fused-ring (bicyclic) bond motifs is 2. The number of nitrogens with zero attached hydrogens (tertiary/aromatic N) is 4. The smallest absolute Gasteiger partial charge is 0.461 e. The van der Waals surface area contributed by atoms with Gasteiger partial charge in [0.25, 0.3) is 5.52 Å². The summed E-state index contributed by atoms with van der Waals surface area (Å²) in [6.07, 6.45) is 3.30. The summed E-state index contributed by atoms with van der Waals surface area (Å²) in [6, 6.07) is 3.64. The maximum Gasteiger partial charge on any atom is 0.461 e. The van der Waals surface area contributed by atoms with Crippen LogP contribution in [0.2, 0.25) is 0 Å². The Kier molecular flexibility index (Phi) is 3.85. The molecule has 1 fully saturated rings. The monoisotopic (exact) mass is 331 g/mol. The number of aromatic nitrogens is 3. The van der Waals surface area contributed by atoms with Crippen LogP contribution in [0, 0.1) is 10.4 Å². The molecule has 2 heterocycles. The lowest BCUT2D eigenvalue weighted by Gasteiger charge is -2.37. The molecule has 1 saturated heterocycles. The van der Waals surface area contributed by atoms with E-state index in [0.717, 1.165) is 54.8 Å². The maximum absolute atomic E-state index is 12.5. The van der Waals surface area contributed by atoms with Gasteiger partial charge in [0.05, 0.1) is 12.6 Å². The molecule has 8 nitrogen and oxygen atoms in total. The fraction of sp³-hybridized carbons (Fsp3) is 0.562. The quantitative estimate of drug-likeness (QED) is 0.599. The highest BCUT2D eigenvalue weighted by atomic mass is 16.5. The molecule has 0 bridgehead atoms. The summed E-state index contributed by atoms with van der Waals surface area (Å²) in [5, 5.41) is 31.6. The van der Waals surface area contributed by atoms with Gasteiger partial charge < -0.3 is 15.2 Å². The van der Waals surface area contributed by atoms with E-state index in [1.165, 1.54) is 0 Å². The normalized spacial score (nSPS) is 17.9. The molecule has 2 aromatic rings. The average Bonchev–Trinajstić information content (AvgIpc) is 3.00. The van der Waals surface area contributed by atoms with Gasteiger partial charge in [-0.3, -0.25) is 10.2 Å². The second-order valence-electron chi connectivity index (χ2n) is 6.50. The number of hydrogen-bond acceptors (Lipinski definition) is 6. The van der Waals surface area contributed by atoms with Crippen LogP contribution in [0.5, 0.6) is 0 Å². The van der Waals surface area contributed by atoms with Gasteiger partial charge in [-0.05, 0) is 36.5 Å². The van der Waals surface area contributed by atoms with Crippen molar-refractivity contribution < 1.29 is 14.3 Å². The van der Waals surface area contributed by atoms with Crippen LogP contribution in [0.15, 0.2) is 12.1 Å². The van der Waals surface area contributed by atoms with Crippen molar-refractivity contribution in [2.24, 2.45) is 0 Å². The molecule has 1 N–H and O–H groups in total. The van der Waals surface area contributed by atoms with E-state index in [0.29, 0.717) is 28.5 Å². The van der Waals surface area contributed by atoms with Crippen molar-refractivity contribution >= 4 is 17.0 Å². The Morgan fingerprint density at radius 1 is 1.25 bits per heavy atom. The standard InChI is InChI=1S/C16H21N5O3/c1-24-13-9-19(10-13)6-5-17-16-18-21(23)15-8-12-4-2-3-11(12)7-14(15)20(16)22/h7-8,13H,2-6,9-10H2,1H3,(H,17,18). The molecule has 1 aromatic heterocycles. The molecule has 1 aromatic carbocycles. The Labute approximate surface area is 139 Å². The van der Waals surface area contributed by atoms with Crippen molar-refractivity contribution in [3.63, 3.8) is 0 Å². The average molecular weight is 331 g/mol. The number of ether oxygens (including phenoxy) is 1. The van der Waals surface area contributed by atoms with Gasteiger partial charge >= 0.3 is 5.95 Å². The Morgan fingerprint density at radius 3 is 2.67 bits per heavy atom. The van der Waals surface area contributed by atoms with Gasteiger partial charge in [-0.1, -0.05) is 0 Å². The van der Waals surface area contributed by atoms with Gasteiger partial charge in [0.15, 0.2) is 5.52 Å². The topological polar surface area (TPSA) is 91.3 Å². The van der Waals surface area contributed by atoms with Gasteiger partial charge in [0, 0.05) is 37.7 Å². The van der Waals surface area contributed by atoms with E-state index in [1.54, 1.807) is 13.2 Å². The second-order valence-corrected chi connectivity index (χ2v) is 6.50. The summed E-state index contributed by atoms with van der Waals surface area (Å²) in [4.78, 5) is 2.77. The molecule has 0 spiro atoms. The first-order chi connectivity index (χ1) is 11.7. The van der Waals surface area contributed by atoms with E-state index in [4.69, 9.17) is 4.74 Å². The van der Waals surface area contributed by atoms with Gasteiger partial charge in [-0.2, -0.15) is 0 Å². The lowest BCUT2D eigenvalue weighted by molar-refractivity contribution is -0.672. The number of hydrogen-bond donors (Lipinski definition) is 1. The molecule has 24 heavy (non-hydrogen) atoms. The van der Waals surface area contributed by atoms with E-state index in [9.17, 15) is 10.4 Å². The van der Waals surface area contributed by atoms with Crippen LogP contribution < -0.4 is 14.9 Å². The summed E-state index contributed by atoms with van der Waals surface area (Å²) in [7, 11) is 1.71. The molecule has 0 atom stereocenters. The predicted octanol–water partition coefficient (Wildman–Crippen LogP) is -0.267. The fourth-order valence-corrected chi connectivity index (χ4v) is 3.50. The van der Waals surface area contributed by atoms with Crippen molar-refractivity contribution in [1.82, 2.24) is 10.00 Å². The predicted molar refractivity (Wildman–Crippen MR) is 87.4 cm³/mol. The number of aryl methyl sites for hydroxylation is 2. The fourth-order valence-electron chi connectivity index (χ4n) is 3.50. The van der Waals surface area contributed by atoms with Crippen LogP contribution in [0.1, 0.15) is 17.5 Å². The minimum Gasteiger partial charge on any atom is -0.739 e. The van der Waals surface area contributed by atoms with E-state index in [1.807, 2.05) is 6.07 Å². The third kappa shape index (κ3) is 2.61. The Hall–Kier alpha value is -2.19. The van der Waals surface area contributed by atoms with Crippen molar-refractivity contribution in [2.75, 3.05) is 38.6 Å². The molecule has 0 radical (unpaired) electrons. The molecule has 0 amide bonds. The SMILES string of the molecule is COC1CN(CCNc2n[n+]([O-])c3cc4c(cc3[n+]2[O-])CCC4)C1. The first kappa shape index (κ1) is 15.3. The summed E-state index contributed by atoms with van der Waals surface area (Å²) < 4.78 is 5.96. The van der Waals surface area contributed by atoms with Crippen LogP contribution in [0.25, 0.3) is 11.0 Å². The van der Waals surface area contributed by atoms with Crippen molar-refractivity contribution in [3.05, 3.63) is 33.7 Å². The third-order valence-corrected chi connectivity index (χ3v) is 4.96. The largest absolute Gasteiger partial charge is 0.739 e. The van der Waals surface area contributed by atoms with E-state index >= 15 is 0 Å². The second kappa shape index (κ2) is 6.03. The summed E-state index contributed by atoms with van der Waals surface area (Å²) in [5.74, 6) is 0.0549. The summed E-state index contributed by atoms with van der Waals surface area (Å²) in [6.45, 7) is 3.13. The molecule has 2 aliphatic rings. The highest BCUT2D eigenvalue weighted by Crippen LogP contribution is 2.24. The Morgan fingerprint density at radius 2 is 1.96 bits per heavy atom. The Bertz CT molecular complexity index is 776.